The SMILES string of the molecule is O=C1c2ccccc2CN1CC1CCC(C(=O)N2CCc3[nH]c4ccc(Cl)cc4c3C2)CC1. The molecule has 6 heteroatoms. The minimum atomic E-state index is 0.100. The third-order valence-electron chi connectivity index (χ3n) is 7.82. The Morgan fingerprint density at radius 2 is 1.88 bits per heavy atom. The molecule has 0 unspecified atom stereocenters. The molecular weight excluding hydrogens is 434 g/mol. The fourth-order valence-corrected chi connectivity index (χ4v) is 6.17. The summed E-state index contributed by atoms with van der Waals surface area (Å²) in [5, 5.41) is 1.86. The molecule has 3 aliphatic rings. The molecular formula is C27H28ClN3O2. The lowest BCUT2D eigenvalue weighted by atomic mass is 9.81. The van der Waals surface area contributed by atoms with Gasteiger partial charge in [-0.2, -0.15) is 0 Å². The molecule has 3 aromatic rings. The van der Waals surface area contributed by atoms with E-state index in [0.717, 1.165) is 78.8 Å². The molecule has 6 rings (SSSR count). The highest BCUT2D eigenvalue weighted by molar-refractivity contribution is 6.31. The summed E-state index contributed by atoms with van der Waals surface area (Å²) >= 11 is 6.23. The maximum absolute atomic E-state index is 13.4. The van der Waals surface area contributed by atoms with Crippen LogP contribution in [-0.4, -0.2) is 39.7 Å². The van der Waals surface area contributed by atoms with E-state index < -0.39 is 0 Å². The maximum atomic E-state index is 13.4. The van der Waals surface area contributed by atoms with Crippen molar-refractivity contribution in [2.75, 3.05) is 13.1 Å². The first-order chi connectivity index (χ1) is 16.1. The summed E-state index contributed by atoms with van der Waals surface area (Å²) in [4.78, 5) is 33.6. The molecule has 1 N–H and O–H groups in total. The van der Waals surface area contributed by atoms with E-state index in [0.29, 0.717) is 18.4 Å². The van der Waals surface area contributed by atoms with Crippen molar-refractivity contribution in [2.24, 2.45) is 11.8 Å². The summed E-state index contributed by atoms with van der Waals surface area (Å²) in [5.41, 5.74) is 5.53. The molecule has 1 aliphatic carbocycles. The topological polar surface area (TPSA) is 56.4 Å². The van der Waals surface area contributed by atoms with Crippen molar-refractivity contribution >= 4 is 34.3 Å². The molecule has 2 aliphatic heterocycles. The number of carbonyl (C=O) groups is 2. The van der Waals surface area contributed by atoms with Crippen LogP contribution in [0.5, 0.6) is 0 Å². The maximum Gasteiger partial charge on any atom is 0.254 e. The van der Waals surface area contributed by atoms with Gasteiger partial charge < -0.3 is 14.8 Å². The van der Waals surface area contributed by atoms with E-state index in [1.807, 2.05) is 46.2 Å². The van der Waals surface area contributed by atoms with Crippen molar-refractivity contribution in [1.82, 2.24) is 14.8 Å². The molecule has 1 fully saturated rings. The predicted molar refractivity (Wildman–Crippen MR) is 129 cm³/mol. The van der Waals surface area contributed by atoms with Gasteiger partial charge in [0.15, 0.2) is 0 Å². The van der Waals surface area contributed by atoms with Gasteiger partial charge in [0.1, 0.15) is 0 Å². The van der Waals surface area contributed by atoms with Crippen LogP contribution < -0.4 is 0 Å². The Labute approximate surface area is 198 Å². The average molecular weight is 462 g/mol. The third-order valence-corrected chi connectivity index (χ3v) is 8.05. The van der Waals surface area contributed by atoms with E-state index in [-0.39, 0.29) is 11.8 Å². The highest BCUT2D eigenvalue weighted by Crippen LogP contribution is 2.35. The Bertz CT molecular complexity index is 1240. The van der Waals surface area contributed by atoms with Crippen LogP contribution in [0.1, 0.15) is 52.9 Å². The first kappa shape index (κ1) is 20.8. The highest BCUT2D eigenvalue weighted by atomic mass is 35.5. The van der Waals surface area contributed by atoms with E-state index >= 15 is 0 Å². The van der Waals surface area contributed by atoms with Gasteiger partial charge in [0.25, 0.3) is 5.91 Å². The number of nitrogens with one attached hydrogen (secondary N) is 1. The Hall–Kier alpha value is -2.79. The van der Waals surface area contributed by atoms with Crippen molar-refractivity contribution < 1.29 is 9.59 Å². The average Bonchev–Trinajstić information content (AvgIpc) is 3.36. The van der Waals surface area contributed by atoms with Crippen molar-refractivity contribution in [3.05, 3.63) is 69.9 Å². The first-order valence-electron chi connectivity index (χ1n) is 12.0. The molecule has 5 nitrogen and oxygen atoms in total. The Morgan fingerprint density at radius 1 is 1.06 bits per heavy atom. The number of fused-ring (bicyclic) bond motifs is 4. The van der Waals surface area contributed by atoms with E-state index in [4.69, 9.17) is 11.6 Å². The standard InChI is InChI=1S/C27H28ClN3O2/c28-20-9-10-24-22(13-20)23-16-30(12-11-25(23)29-24)26(32)18-7-5-17(6-8-18)14-31-15-19-3-1-2-4-21(19)27(31)33/h1-4,9-10,13,17-18,29H,5-8,11-12,14-16H2. The third kappa shape index (κ3) is 3.72. The number of nitrogens with zero attached hydrogens (tertiary/aromatic N) is 2. The number of amides is 2. The summed E-state index contributed by atoms with van der Waals surface area (Å²) in [6.45, 7) is 2.96. The zero-order chi connectivity index (χ0) is 22.5. The van der Waals surface area contributed by atoms with Crippen molar-refractivity contribution in [2.45, 2.75) is 45.2 Å². The van der Waals surface area contributed by atoms with Crippen LogP contribution in [0.15, 0.2) is 42.5 Å². The zero-order valence-corrected chi connectivity index (χ0v) is 19.4. The van der Waals surface area contributed by atoms with Crippen molar-refractivity contribution in [1.29, 1.82) is 0 Å². The molecule has 170 valence electrons. The lowest BCUT2D eigenvalue weighted by molar-refractivity contribution is -0.137. The summed E-state index contributed by atoms with van der Waals surface area (Å²) in [6, 6.07) is 13.8. The number of carbonyl (C=O) groups excluding carboxylic acids is 2. The Kier molecular flexibility index (Phi) is 5.17. The zero-order valence-electron chi connectivity index (χ0n) is 18.6. The van der Waals surface area contributed by atoms with Crippen molar-refractivity contribution in [3.63, 3.8) is 0 Å². The molecule has 0 saturated heterocycles. The van der Waals surface area contributed by atoms with Crippen LogP contribution >= 0.6 is 11.6 Å². The number of benzene rings is 2. The van der Waals surface area contributed by atoms with Crippen molar-refractivity contribution in [3.8, 4) is 0 Å². The summed E-state index contributed by atoms with van der Waals surface area (Å²) < 4.78 is 0. The molecule has 0 spiro atoms. The van der Waals surface area contributed by atoms with Gasteiger partial charge in [-0.15, -0.1) is 0 Å². The quantitative estimate of drug-likeness (QED) is 0.585. The number of aromatic amines is 1. The van der Waals surface area contributed by atoms with Gasteiger partial charge >= 0.3 is 0 Å². The second kappa shape index (κ2) is 8.21. The van der Waals surface area contributed by atoms with Crippen LogP contribution in [-0.2, 0) is 24.3 Å². The second-order valence-electron chi connectivity index (χ2n) is 9.84. The lowest BCUT2D eigenvalue weighted by Crippen LogP contribution is -2.41. The Balaban J connectivity index is 1.07. The number of halogens is 1. The van der Waals surface area contributed by atoms with Gasteiger partial charge in [0.05, 0.1) is 0 Å². The van der Waals surface area contributed by atoms with Gasteiger partial charge in [-0.1, -0.05) is 29.8 Å². The second-order valence-corrected chi connectivity index (χ2v) is 10.3. The number of H-pyrrole nitrogens is 1. The monoisotopic (exact) mass is 461 g/mol. The summed E-state index contributed by atoms with van der Waals surface area (Å²) in [6.07, 6.45) is 4.72. The summed E-state index contributed by atoms with van der Waals surface area (Å²) in [5.74, 6) is 1.03. The lowest BCUT2D eigenvalue weighted by Gasteiger charge is -2.35. The molecule has 3 heterocycles. The smallest absolute Gasteiger partial charge is 0.254 e. The largest absolute Gasteiger partial charge is 0.358 e. The highest BCUT2D eigenvalue weighted by Gasteiger charge is 2.34. The van der Waals surface area contributed by atoms with Gasteiger partial charge in [0.2, 0.25) is 5.91 Å². The first-order valence-corrected chi connectivity index (χ1v) is 12.4. The number of hydrogen-bond acceptors (Lipinski definition) is 2. The minimum absolute atomic E-state index is 0.100. The summed E-state index contributed by atoms with van der Waals surface area (Å²) in [7, 11) is 0. The van der Waals surface area contributed by atoms with Crippen LogP contribution in [0.2, 0.25) is 5.02 Å². The van der Waals surface area contributed by atoms with E-state index in [2.05, 4.69) is 11.1 Å². The van der Waals surface area contributed by atoms with E-state index in [9.17, 15) is 9.59 Å². The molecule has 0 bridgehead atoms. The predicted octanol–water partition coefficient (Wildman–Crippen LogP) is 5.17. The van der Waals surface area contributed by atoms with Gasteiger partial charge in [-0.05, 0) is 61.4 Å². The molecule has 33 heavy (non-hydrogen) atoms. The molecule has 1 aromatic heterocycles. The number of aromatic nitrogens is 1. The van der Waals surface area contributed by atoms with Gasteiger partial charge in [-0.3, -0.25) is 9.59 Å². The molecule has 2 aromatic carbocycles. The number of rotatable bonds is 3. The Morgan fingerprint density at radius 3 is 2.70 bits per heavy atom. The molecule has 1 saturated carbocycles. The molecule has 0 radical (unpaired) electrons. The minimum Gasteiger partial charge on any atom is -0.358 e. The van der Waals surface area contributed by atoms with Gasteiger partial charge in [0, 0.05) is 71.3 Å². The van der Waals surface area contributed by atoms with E-state index in [1.165, 1.54) is 11.3 Å². The van der Waals surface area contributed by atoms with Crippen LogP contribution in [0, 0.1) is 11.8 Å². The fourth-order valence-electron chi connectivity index (χ4n) is 6.00. The van der Waals surface area contributed by atoms with Crippen LogP contribution in [0.25, 0.3) is 10.9 Å². The molecule has 2 amide bonds. The van der Waals surface area contributed by atoms with E-state index in [1.54, 1.807) is 0 Å². The van der Waals surface area contributed by atoms with Gasteiger partial charge in [-0.25, -0.2) is 0 Å². The van der Waals surface area contributed by atoms with Crippen LogP contribution in [0.3, 0.4) is 0 Å². The fraction of sp³-hybridized carbons (Fsp3) is 0.407. The van der Waals surface area contributed by atoms with Crippen LogP contribution in [0.4, 0.5) is 0 Å². The normalized spacial score (nSPS) is 22.5. The number of hydrogen-bond donors (Lipinski definition) is 1. The molecule has 0 atom stereocenters.